The van der Waals surface area contributed by atoms with E-state index in [1.807, 2.05) is 7.05 Å². The molecule has 0 saturated heterocycles. The van der Waals surface area contributed by atoms with E-state index in [1.165, 1.54) is 6.07 Å². The Balaban J connectivity index is 2.33. The first-order chi connectivity index (χ1) is 8.24. The number of hydrogen-bond acceptors (Lipinski definition) is 3. The summed E-state index contributed by atoms with van der Waals surface area (Å²) in [6, 6.07) is 3.20. The normalized spacial score (nSPS) is 14.8. The van der Waals surface area contributed by atoms with Crippen molar-refractivity contribution >= 4 is 5.78 Å². The lowest BCUT2D eigenvalue weighted by Gasteiger charge is -2.19. The van der Waals surface area contributed by atoms with Crippen LogP contribution in [0.5, 0.6) is 0 Å². The first kappa shape index (κ1) is 12.0. The van der Waals surface area contributed by atoms with Crippen LogP contribution in [0.4, 0.5) is 0 Å². The molecule has 0 spiro atoms. The molecule has 0 saturated carbocycles. The summed E-state index contributed by atoms with van der Waals surface area (Å²) in [6.07, 6.45) is 3.22. The van der Waals surface area contributed by atoms with Crippen LogP contribution in [-0.2, 0) is 13.0 Å². The van der Waals surface area contributed by atoms with Crippen LogP contribution in [0.15, 0.2) is 16.9 Å². The van der Waals surface area contributed by atoms with E-state index >= 15 is 0 Å². The molecule has 0 amide bonds. The number of hydrogen-bond donors (Lipinski definition) is 1. The summed E-state index contributed by atoms with van der Waals surface area (Å²) in [5, 5.41) is 3.06. The molecule has 4 heteroatoms. The number of pyridine rings is 1. The first-order valence-corrected chi connectivity index (χ1v) is 6.14. The van der Waals surface area contributed by atoms with E-state index < -0.39 is 0 Å². The van der Waals surface area contributed by atoms with Gasteiger partial charge in [-0.3, -0.25) is 9.59 Å². The number of aromatic nitrogens is 1. The van der Waals surface area contributed by atoms with Crippen molar-refractivity contribution in [3.63, 3.8) is 0 Å². The third-order valence-electron chi connectivity index (χ3n) is 3.22. The van der Waals surface area contributed by atoms with E-state index in [-0.39, 0.29) is 11.3 Å². The third-order valence-corrected chi connectivity index (χ3v) is 3.22. The van der Waals surface area contributed by atoms with Crippen molar-refractivity contribution in [1.82, 2.24) is 9.88 Å². The van der Waals surface area contributed by atoms with Crippen LogP contribution in [0.1, 0.15) is 35.3 Å². The molecule has 1 aliphatic rings. The zero-order chi connectivity index (χ0) is 12.3. The van der Waals surface area contributed by atoms with Gasteiger partial charge < -0.3 is 9.88 Å². The Kier molecular flexibility index (Phi) is 3.74. The van der Waals surface area contributed by atoms with Gasteiger partial charge in [-0.25, -0.2) is 0 Å². The molecule has 2 rings (SSSR count). The molecule has 0 radical (unpaired) electrons. The van der Waals surface area contributed by atoms with Crippen LogP contribution in [0.25, 0.3) is 0 Å². The number of carbonyl (C=O) groups is 1. The second-order valence-corrected chi connectivity index (χ2v) is 4.42. The Morgan fingerprint density at radius 1 is 1.29 bits per heavy atom. The van der Waals surface area contributed by atoms with Crippen LogP contribution < -0.4 is 10.9 Å². The lowest BCUT2D eigenvalue weighted by Crippen LogP contribution is -2.28. The number of fused-ring (bicyclic) bond motifs is 1. The van der Waals surface area contributed by atoms with Gasteiger partial charge in [0.1, 0.15) is 0 Å². The molecule has 0 aromatic carbocycles. The highest BCUT2D eigenvalue weighted by Crippen LogP contribution is 2.19. The predicted octanol–water partition coefficient (Wildman–Crippen LogP) is 0.977. The zero-order valence-corrected chi connectivity index (χ0v) is 10.2. The molecule has 1 aromatic heterocycles. The van der Waals surface area contributed by atoms with Gasteiger partial charge in [0, 0.05) is 30.3 Å². The molecule has 17 heavy (non-hydrogen) atoms. The van der Waals surface area contributed by atoms with Gasteiger partial charge in [0.15, 0.2) is 5.78 Å². The second kappa shape index (κ2) is 5.27. The lowest BCUT2D eigenvalue weighted by molar-refractivity contribution is 0.0970. The fraction of sp³-hybridized carbons (Fsp3) is 0.538. The topological polar surface area (TPSA) is 51.1 Å². The van der Waals surface area contributed by atoms with Crippen molar-refractivity contribution in [3.8, 4) is 0 Å². The SMILES string of the molecule is CNCCCn1c2c(ccc1=O)C(=O)CCC2. The first-order valence-electron chi connectivity index (χ1n) is 6.14. The molecule has 0 bridgehead atoms. The number of rotatable bonds is 4. The van der Waals surface area contributed by atoms with E-state index in [1.54, 1.807) is 10.6 Å². The summed E-state index contributed by atoms with van der Waals surface area (Å²) < 4.78 is 1.77. The smallest absolute Gasteiger partial charge is 0.250 e. The maximum Gasteiger partial charge on any atom is 0.250 e. The molecule has 0 unspecified atom stereocenters. The van der Waals surface area contributed by atoms with Crippen molar-refractivity contribution in [2.24, 2.45) is 0 Å². The molecule has 1 aliphatic carbocycles. The molecule has 92 valence electrons. The molecule has 4 nitrogen and oxygen atoms in total. The van der Waals surface area contributed by atoms with Crippen LogP contribution in [0.3, 0.4) is 0 Å². The summed E-state index contributed by atoms with van der Waals surface area (Å²) in [4.78, 5) is 23.6. The summed E-state index contributed by atoms with van der Waals surface area (Å²) in [5.74, 6) is 0.175. The average molecular weight is 234 g/mol. The third kappa shape index (κ3) is 2.47. The van der Waals surface area contributed by atoms with Gasteiger partial charge in [-0.15, -0.1) is 0 Å². The van der Waals surface area contributed by atoms with Gasteiger partial charge in [0.25, 0.3) is 5.56 Å². The zero-order valence-electron chi connectivity index (χ0n) is 10.2. The number of nitrogens with one attached hydrogen (secondary N) is 1. The van der Waals surface area contributed by atoms with Gasteiger partial charge in [-0.1, -0.05) is 0 Å². The van der Waals surface area contributed by atoms with Gasteiger partial charge >= 0.3 is 0 Å². The predicted molar refractivity (Wildman–Crippen MR) is 66.5 cm³/mol. The van der Waals surface area contributed by atoms with Gasteiger partial charge in [0.2, 0.25) is 0 Å². The molecule has 1 N–H and O–H groups in total. The summed E-state index contributed by atoms with van der Waals surface area (Å²) >= 11 is 0. The summed E-state index contributed by atoms with van der Waals surface area (Å²) in [7, 11) is 1.90. The maximum absolute atomic E-state index is 11.8. The van der Waals surface area contributed by atoms with Gasteiger partial charge in [0.05, 0.1) is 0 Å². The molecule has 1 aromatic rings. The van der Waals surface area contributed by atoms with Gasteiger partial charge in [-0.2, -0.15) is 0 Å². The fourth-order valence-electron chi connectivity index (χ4n) is 2.35. The standard InChI is InChI=1S/C13H18N2O2/c1-14-8-3-9-15-11-4-2-5-12(16)10(11)6-7-13(15)17/h6-7,14H,2-5,8-9H2,1H3. The molecule has 0 atom stereocenters. The largest absolute Gasteiger partial charge is 0.320 e. The number of carbonyl (C=O) groups excluding carboxylic acids is 1. The summed E-state index contributed by atoms with van der Waals surface area (Å²) in [6.45, 7) is 1.57. The van der Waals surface area contributed by atoms with Gasteiger partial charge in [-0.05, 0) is 38.9 Å². The Bertz CT molecular complexity index is 477. The van der Waals surface area contributed by atoms with E-state index in [4.69, 9.17) is 0 Å². The molecular formula is C13H18N2O2. The van der Waals surface area contributed by atoms with Crippen molar-refractivity contribution in [3.05, 3.63) is 33.7 Å². The van der Waals surface area contributed by atoms with Crippen molar-refractivity contribution in [2.45, 2.75) is 32.2 Å². The Labute approximate surface area is 101 Å². The molecule has 0 fully saturated rings. The highest BCUT2D eigenvalue weighted by molar-refractivity contribution is 5.97. The van der Waals surface area contributed by atoms with Crippen molar-refractivity contribution < 1.29 is 4.79 Å². The van der Waals surface area contributed by atoms with Crippen LogP contribution in [0, 0.1) is 0 Å². The average Bonchev–Trinajstić information content (AvgIpc) is 2.32. The Morgan fingerprint density at radius 3 is 2.88 bits per heavy atom. The highest BCUT2D eigenvalue weighted by atomic mass is 16.1. The van der Waals surface area contributed by atoms with Crippen molar-refractivity contribution in [1.29, 1.82) is 0 Å². The monoisotopic (exact) mass is 234 g/mol. The minimum atomic E-state index is 0.00885. The fourth-order valence-corrected chi connectivity index (χ4v) is 2.35. The molecular weight excluding hydrogens is 216 g/mol. The van der Waals surface area contributed by atoms with Crippen LogP contribution in [0.2, 0.25) is 0 Å². The minimum Gasteiger partial charge on any atom is -0.320 e. The highest BCUT2D eigenvalue weighted by Gasteiger charge is 2.20. The Hall–Kier alpha value is -1.42. The minimum absolute atomic E-state index is 0.00885. The van der Waals surface area contributed by atoms with Crippen LogP contribution in [-0.4, -0.2) is 23.9 Å². The van der Waals surface area contributed by atoms with Crippen molar-refractivity contribution in [2.75, 3.05) is 13.6 Å². The van der Waals surface area contributed by atoms with E-state index in [0.717, 1.165) is 37.1 Å². The number of nitrogens with zero attached hydrogens (tertiary/aromatic N) is 1. The quantitative estimate of drug-likeness (QED) is 0.790. The van der Waals surface area contributed by atoms with E-state index in [0.29, 0.717) is 13.0 Å². The molecule has 0 aliphatic heterocycles. The maximum atomic E-state index is 11.8. The Morgan fingerprint density at radius 2 is 2.12 bits per heavy atom. The molecule has 1 heterocycles. The lowest BCUT2D eigenvalue weighted by atomic mass is 9.94. The van der Waals surface area contributed by atoms with E-state index in [9.17, 15) is 9.59 Å². The summed E-state index contributed by atoms with van der Waals surface area (Å²) in [5.41, 5.74) is 1.69. The number of Topliss-reactive ketones (excluding diaryl/α,β-unsaturated/α-hetero) is 1. The van der Waals surface area contributed by atoms with Crippen LogP contribution >= 0.6 is 0 Å². The number of ketones is 1. The van der Waals surface area contributed by atoms with E-state index in [2.05, 4.69) is 5.32 Å². The second-order valence-electron chi connectivity index (χ2n) is 4.42.